The number of carbonyl (C=O) groups is 2. The topological polar surface area (TPSA) is 86.6 Å². The van der Waals surface area contributed by atoms with Crippen molar-refractivity contribution in [3.05, 3.63) is 33.8 Å². The molecule has 0 aliphatic carbocycles. The minimum atomic E-state index is -1.82. The first-order chi connectivity index (χ1) is 11.3. The van der Waals surface area contributed by atoms with Gasteiger partial charge < -0.3 is 15.5 Å². The largest absolute Gasteiger partial charge is 0.473 e. The highest BCUT2D eigenvalue weighted by Crippen LogP contribution is 2.21. The third kappa shape index (κ3) is 10.5. The van der Waals surface area contributed by atoms with Gasteiger partial charge in [0.25, 0.3) is 0 Å². The molecule has 0 aliphatic rings. The van der Waals surface area contributed by atoms with Crippen LogP contribution in [0.15, 0.2) is 18.2 Å². The molecule has 0 heterocycles. The molecule has 1 atom stereocenters. The van der Waals surface area contributed by atoms with Crippen LogP contribution < -0.4 is 5.32 Å². The number of rotatable bonds is 8. The Morgan fingerprint density at radius 3 is 2.25 bits per heavy atom. The fraction of sp³-hybridized carbons (Fsp3) is 0.529. The van der Waals surface area contributed by atoms with Crippen LogP contribution in [0.1, 0.15) is 45.1 Å². The van der Waals surface area contributed by atoms with Gasteiger partial charge in [0.1, 0.15) is 0 Å². The molecule has 1 unspecified atom stereocenters. The van der Waals surface area contributed by atoms with E-state index in [1.165, 1.54) is 25.7 Å². The first-order valence-corrected chi connectivity index (χ1v) is 8.68. The van der Waals surface area contributed by atoms with Gasteiger partial charge in [-0.1, -0.05) is 62.4 Å². The Bertz CT molecular complexity index is 511. The Hall–Kier alpha value is -1.30. The molecule has 0 bridgehead atoms. The number of carboxylic acids is 2. The summed E-state index contributed by atoms with van der Waals surface area (Å²) in [5.74, 6) is -2.87. The van der Waals surface area contributed by atoms with Gasteiger partial charge in [-0.3, -0.25) is 0 Å². The molecule has 3 N–H and O–H groups in total. The molecule has 0 fully saturated rings. The number of hydrogen-bond donors (Lipinski definition) is 3. The van der Waals surface area contributed by atoms with E-state index < -0.39 is 11.9 Å². The van der Waals surface area contributed by atoms with Crippen molar-refractivity contribution >= 4 is 35.1 Å². The number of unbranched alkanes of at least 4 members (excludes halogenated alkanes) is 1. The molecule has 1 aromatic carbocycles. The average Bonchev–Trinajstić information content (AvgIpc) is 2.53. The lowest BCUT2D eigenvalue weighted by Gasteiger charge is -2.15. The molecule has 0 spiro atoms. The predicted octanol–water partition coefficient (Wildman–Crippen LogP) is 4.46. The Balaban J connectivity index is 0.000000754. The maximum absolute atomic E-state index is 9.10. The van der Waals surface area contributed by atoms with Crippen LogP contribution in [0.5, 0.6) is 0 Å². The molecule has 136 valence electrons. The van der Waals surface area contributed by atoms with Crippen molar-refractivity contribution in [3.8, 4) is 0 Å². The molecule has 1 rings (SSSR count). The van der Waals surface area contributed by atoms with E-state index in [1.54, 1.807) is 6.07 Å². The maximum atomic E-state index is 9.10. The molecule has 0 radical (unpaired) electrons. The lowest BCUT2D eigenvalue weighted by molar-refractivity contribution is -0.159. The number of hydrogen-bond acceptors (Lipinski definition) is 3. The van der Waals surface area contributed by atoms with E-state index in [4.69, 9.17) is 43.0 Å². The fourth-order valence-electron chi connectivity index (χ4n) is 2.02. The van der Waals surface area contributed by atoms with Crippen molar-refractivity contribution in [3.63, 3.8) is 0 Å². The predicted molar refractivity (Wildman–Crippen MR) is 96.7 cm³/mol. The Morgan fingerprint density at radius 2 is 1.79 bits per heavy atom. The molecule has 0 saturated heterocycles. The van der Waals surface area contributed by atoms with Crippen LogP contribution in [0.3, 0.4) is 0 Å². The van der Waals surface area contributed by atoms with Gasteiger partial charge in [-0.15, -0.1) is 0 Å². The van der Waals surface area contributed by atoms with Crippen molar-refractivity contribution in [1.29, 1.82) is 0 Å². The van der Waals surface area contributed by atoms with E-state index in [0.717, 1.165) is 29.6 Å². The van der Waals surface area contributed by atoms with Gasteiger partial charge in [-0.2, -0.15) is 0 Å². The van der Waals surface area contributed by atoms with Crippen LogP contribution in [-0.2, 0) is 16.1 Å². The van der Waals surface area contributed by atoms with Gasteiger partial charge in [-0.05, 0) is 36.6 Å². The van der Waals surface area contributed by atoms with Crippen LogP contribution in [0.2, 0.25) is 10.0 Å². The molecule has 24 heavy (non-hydrogen) atoms. The molecule has 1 aromatic rings. The van der Waals surface area contributed by atoms with Crippen LogP contribution in [0.25, 0.3) is 0 Å². The van der Waals surface area contributed by atoms with E-state index in [1.807, 2.05) is 12.1 Å². The summed E-state index contributed by atoms with van der Waals surface area (Å²) < 4.78 is 0. The Labute approximate surface area is 153 Å². The minimum Gasteiger partial charge on any atom is -0.473 e. The number of nitrogens with one attached hydrogen (secondary N) is 1. The molecular weight excluding hydrogens is 353 g/mol. The molecular formula is C17H25Cl2NO4. The quantitative estimate of drug-likeness (QED) is 0.582. The van der Waals surface area contributed by atoms with Gasteiger partial charge in [0.15, 0.2) is 0 Å². The maximum Gasteiger partial charge on any atom is 0.414 e. The molecule has 0 saturated carbocycles. The number of benzene rings is 1. The summed E-state index contributed by atoms with van der Waals surface area (Å²) in [6.07, 6.45) is 5.15. The average molecular weight is 378 g/mol. The summed E-state index contributed by atoms with van der Waals surface area (Å²) in [6.45, 7) is 6.39. The van der Waals surface area contributed by atoms with Gasteiger partial charge in [0.05, 0.1) is 0 Å². The molecule has 0 aromatic heterocycles. The zero-order valence-electron chi connectivity index (χ0n) is 14.0. The summed E-state index contributed by atoms with van der Waals surface area (Å²) in [5, 5.41) is 19.7. The van der Waals surface area contributed by atoms with Crippen molar-refractivity contribution in [1.82, 2.24) is 5.32 Å². The third-order valence-electron chi connectivity index (χ3n) is 3.49. The highest BCUT2D eigenvalue weighted by molar-refractivity contribution is 6.35. The molecule has 5 nitrogen and oxygen atoms in total. The normalized spacial score (nSPS) is 11.3. The second kappa shape index (κ2) is 13.0. The van der Waals surface area contributed by atoms with Crippen molar-refractivity contribution in [2.75, 3.05) is 6.54 Å². The zero-order chi connectivity index (χ0) is 18.5. The second-order valence-corrected chi connectivity index (χ2v) is 6.24. The van der Waals surface area contributed by atoms with Crippen LogP contribution >= 0.6 is 23.2 Å². The van der Waals surface area contributed by atoms with E-state index in [-0.39, 0.29) is 0 Å². The van der Waals surface area contributed by atoms with E-state index in [0.29, 0.717) is 5.02 Å². The smallest absolute Gasteiger partial charge is 0.414 e. The lowest BCUT2D eigenvalue weighted by atomic mass is 9.99. The first-order valence-electron chi connectivity index (χ1n) is 7.92. The highest BCUT2D eigenvalue weighted by atomic mass is 35.5. The van der Waals surface area contributed by atoms with Crippen molar-refractivity contribution < 1.29 is 19.8 Å². The molecule has 0 aliphatic heterocycles. The van der Waals surface area contributed by atoms with Crippen LogP contribution in [-0.4, -0.2) is 28.7 Å². The Morgan fingerprint density at radius 1 is 1.17 bits per heavy atom. The minimum absolute atomic E-state index is 0.693. The van der Waals surface area contributed by atoms with E-state index >= 15 is 0 Å². The van der Waals surface area contributed by atoms with Gasteiger partial charge >= 0.3 is 11.9 Å². The van der Waals surface area contributed by atoms with Crippen LogP contribution in [0, 0.1) is 5.92 Å². The third-order valence-corrected chi connectivity index (χ3v) is 4.08. The fourth-order valence-corrected chi connectivity index (χ4v) is 2.49. The molecule has 0 amide bonds. The second-order valence-electron chi connectivity index (χ2n) is 5.39. The Kier molecular flexibility index (Phi) is 12.3. The summed E-state index contributed by atoms with van der Waals surface area (Å²) in [7, 11) is 0. The monoisotopic (exact) mass is 377 g/mol. The zero-order valence-corrected chi connectivity index (χ0v) is 15.5. The summed E-state index contributed by atoms with van der Waals surface area (Å²) in [5.41, 5.74) is 1.12. The number of aliphatic carboxylic acids is 2. The SMILES string of the molecule is CCCCC(CC)CNCc1ccc(Cl)cc1Cl.O=C(O)C(=O)O. The first kappa shape index (κ1) is 22.7. The van der Waals surface area contributed by atoms with E-state index in [2.05, 4.69) is 19.2 Å². The van der Waals surface area contributed by atoms with Gasteiger partial charge in [-0.25, -0.2) is 9.59 Å². The van der Waals surface area contributed by atoms with Crippen molar-refractivity contribution in [2.24, 2.45) is 5.92 Å². The standard InChI is InChI=1S/C15H23Cl2N.C2H2O4/c1-3-5-6-12(4-2)10-18-11-13-7-8-14(16)9-15(13)17;3-1(4)2(5)6/h7-9,12,18H,3-6,10-11H2,1-2H3;(H,3,4)(H,5,6). The van der Waals surface area contributed by atoms with E-state index in [9.17, 15) is 0 Å². The van der Waals surface area contributed by atoms with Crippen LogP contribution in [0.4, 0.5) is 0 Å². The highest BCUT2D eigenvalue weighted by Gasteiger charge is 2.06. The van der Waals surface area contributed by atoms with Gasteiger partial charge in [0.2, 0.25) is 0 Å². The number of carboxylic acid groups (broad SMARTS) is 2. The van der Waals surface area contributed by atoms with Gasteiger partial charge in [0, 0.05) is 16.6 Å². The lowest BCUT2D eigenvalue weighted by Crippen LogP contribution is -2.22. The number of halogens is 2. The summed E-state index contributed by atoms with van der Waals surface area (Å²) >= 11 is 12.0. The molecule has 7 heteroatoms. The summed E-state index contributed by atoms with van der Waals surface area (Å²) in [4.78, 5) is 18.2. The van der Waals surface area contributed by atoms with Crippen molar-refractivity contribution in [2.45, 2.75) is 46.1 Å². The summed E-state index contributed by atoms with van der Waals surface area (Å²) in [6, 6.07) is 5.68.